The van der Waals surface area contributed by atoms with Crippen LogP contribution in [0.1, 0.15) is 27.7 Å². The smallest absolute Gasteiger partial charge is 0.217 e. The first-order chi connectivity index (χ1) is 4.54. The number of rotatable bonds is 2. The molecule has 0 aliphatic carbocycles. The van der Waals surface area contributed by atoms with Gasteiger partial charge in [0.25, 0.3) is 0 Å². The van der Waals surface area contributed by atoms with E-state index < -0.39 is 0 Å². The average Bonchev–Trinajstić information content (AvgIpc) is 1.82. The Balaban J connectivity index is 3.71. The molecule has 1 N–H and O–H groups in total. The highest BCUT2D eigenvalue weighted by atomic mass is 16.1. The Morgan fingerprint density at radius 1 is 1.20 bits per heavy atom. The van der Waals surface area contributed by atoms with Crippen molar-refractivity contribution in [3.63, 3.8) is 0 Å². The Bertz CT molecular complexity index is 155. The van der Waals surface area contributed by atoms with Crippen LogP contribution in [0.25, 0.3) is 0 Å². The van der Waals surface area contributed by atoms with E-state index in [1.54, 1.807) is 0 Å². The maximum Gasteiger partial charge on any atom is 0.217 e. The zero-order chi connectivity index (χ0) is 8.15. The van der Waals surface area contributed by atoms with Crippen molar-refractivity contribution in [1.82, 2.24) is 5.32 Å². The molecule has 0 aliphatic heterocycles. The van der Waals surface area contributed by atoms with Gasteiger partial charge in [-0.05, 0) is 20.8 Å². The Labute approximate surface area is 62.3 Å². The summed E-state index contributed by atoms with van der Waals surface area (Å²) in [5.74, 6) is 0.0283. The average molecular weight is 141 g/mol. The summed E-state index contributed by atoms with van der Waals surface area (Å²) in [6.07, 6.45) is 0. The van der Waals surface area contributed by atoms with Crippen molar-refractivity contribution in [1.29, 1.82) is 0 Å². The first-order valence-corrected chi connectivity index (χ1v) is 3.41. The van der Waals surface area contributed by atoms with Crippen molar-refractivity contribution in [3.05, 3.63) is 11.1 Å². The number of hydrogen-bond acceptors (Lipinski definition) is 1. The number of carbonyl (C=O) groups excluding carboxylic acids is 1. The van der Waals surface area contributed by atoms with Gasteiger partial charge in [0.1, 0.15) is 0 Å². The topological polar surface area (TPSA) is 29.1 Å². The third-order valence-electron chi connectivity index (χ3n) is 1.46. The summed E-state index contributed by atoms with van der Waals surface area (Å²) in [5.41, 5.74) is 2.50. The lowest BCUT2D eigenvalue weighted by molar-refractivity contribution is -0.118. The second-order valence-electron chi connectivity index (χ2n) is 2.69. The highest BCUT2D eigenvalue weighted by Crippen LogP contribution is 1.98. The molecular weight excluding hydrogens is 126 g/mol. The first kappa shape index (κ1) is 9.21. The second-order valence-corrected chi connectivity index (χ2v) is 2.69. The van der Waals surface area contributed by atoms with E-state index in [-0.39, 0.29) is 5.91 Å². The minimum atomic E-state index is 0.0283. The van der Waals surface area contributed by atoms with E-state index in [9.17, 15) is 4.79 Å². The lowest BCUT2D eigenvalue weighted by Crippen LogP contribution is -2.21. The van der Waals surface area contributed by atoms with Crippen LogP contribution in [0.4, 0.5) is 0 Å². The number of amides is 1. The monoisotopic (exact) mass is 141 g/mol. The summed E-state index contributed by atoms with van der Waals surface area (Å²) in [6, 6.07) is 0. The molecule has 0 bridgehead atoms. The van der Waals surface area contributed by atoms with Gasteiger partial charge in [0.05, 0.1) is 0 Å². The third-order valence-corrected chi connectivity index (χ3v) is 1.46. The van der Waals surface area contributed by atoms with Gasteiger partial charge in [0.2, 0.25) is 5.91 Å². The Kier molecular flexibility index (Phi) is 3.77. The number of hydrogen-bond donors (Lipinski definition) is 1. The molecular formula is C8H15NO. The van der Waals surface area contributed by atoms with Crippen molar-refractivity contribution < 1.29 is 4.79 Å². The van der Waals surface area contributed by atoms with E-state index in [4.69, 9.17) is 0 Å². The molecule has 0 atom stereocenters. The van der Waals surface area contributed by atoms with Crippen LogP contribution in [0.15, 0.2) is 11.1 Å². The van der Waals surface area contributed by atoms with Gasteiger partial charge in [-0.2, -0.15) is 0 Å². The molecule has 0 rings (SSSR count). The largest absolute Gasteiger partial charge is 0.353 e. The molecule has 10 heavy (non-hydrogen) atoms. The SMILES string of the molecule is CC(=O)NCC(C)=C(C)C. The van der Waals surface area contributed by atoms with Crippen LogP contribution in [0.2, 0.25) is 0 Å². The van der Waals surface area contributed by atoms with Gasteiger partial charge in [-0.15, -0.1) is 0 Å². The molecule has 0 fully saturated rings. The van der Waals surface area contributed by atoms with Gasteiger partial charge in [-0.1, -0.05) is 11.1 Å². The van der Waals surface area contributed by atoms with E-state index in [0.29, 0.717) is 6.54 Å². The van der Waals surface area contributed by atoms with Crippen LogP contribution in [0, 0.1) is 0 Å². The van der Waals surface area contributed by atoms with Gasteiger partial charge < -0.3 is 5.32 Å². The molecule has 0 aromatic heterocycles. The molecule has 0 aliphatic rings. The van der Waals surface area contributed by atoms with Crippen LogP contribution in [-0.4, -0.2) is 12.5 Å². The molecule has 0 spiro atoms. The van der Waals surface area contributed by atoms with Gasteiger partial charge in [0.15, 0.2) is 0 Å². The van der Waals surface area contributed by atoms with E-state index in [2.05, 4.69) is 5.32 Å². The van der Waals surface area contributed by atoms with Crippen LogP contribution in [0.3, 0.4) is 0 Å². The highest BCUT2D eigenvalue weighted by Gasteiger charge is 1.92. The zero-order valence-electron chi connectivity index (χ0n) is 7.12. The molecule has 1 amide bonds. The standard InChI is InChI=1S/C8H15NO/c1-6(2)7(3)5-9-8(4)10/h5H2,1-4H3,(H,9,10). The van der Waals surface area contributed by atoms with Crippen molar-refractivity contribution in [2.75, 3.05) is 6.54 Å². The van der Waals surface area contributed by atoms with Crippen LogP contribution < -0.4 is 5.32 Å². The fourth-order valence-electron chi connectivity index (χ4n) is 0.434. The molecule has 0 unspecified atom stereocenters. The molecule has 2 nitrogen and oxygen atoms in total. The van der Waals surface area contributed by atoms with Crippen LogP contribution in [0.5, 0.6) is 0 Å². The third kappa shape index (κ3) is 4.13. The molecule has 0 heterocycles. The van der Waals surface area contributed by atoms with Gasteiger partial charge in [0, 0.05) is 13.5 Å². The van der Waals surface area contributed by atoms with Gasteiger partial charge >= 0.3 is 0 Å². The molecule has 2 heteroatoms. The fraction of sp³-hybridized carbons (Fsp3) is 0.625. The number of carbonyl (C=O) groups is 1. The summed E-state index contributed by atoms with van der Waals surface area (Å²) in [7, 11) is 0. The molecule has 0 aromatic rings. The summed E-state index contributed by atoms with van der Waals surface area (Å²) < 4.78 is 0. The van der Waals surface area contributed by atoms with Gasteiger partial charge in [-0.25, -0.2) is 0 Å². The minimum absolute atomic E-state index is 0.0283. The van der Waals surface area contributed by atoms with E-state index in [0.717, 1.165) is 0 Å². The molecule has 0 saturated carbocycles. The summed E-state index contributed by atoms with van der Waals surface area (Å²) >= 11 is 0. The Hall–Kier alpha value is -0.790. The molecule has 0 saturated heterocycles. The predicted octanol–water partition coefficient (Wildman–Crippen LogP) is 1.48. The van der Waals surface area contributed by atoms with E-state index >= 15 is 0 Å². The Morgan fingerprint density at radius 2 is 1.70 bits per heavy atom. The maximum atomic E-state index is 10.4. The first-order valence-electron chi connectivity index (χ1n) is 3.41. The summed E-state index contributed by atoms with van der Waals surface area (Å²) in [4.78, 5) is 10.4. The van der Waals surface area contributed by atoms with E-state index in [1.807, 2.05) is 20.8 Å². The van der Waals surface area contributed by atoms with Crippen molar-refractivity contribution in [3.8, 4) is 0 Å². The number of allylic oxidation sites excluding steroid dienone is 1. The van der Waals surface area contributed by atoms with Crippen molar-refractivity contribution in [2.24, 2.45) is 0 Å². The quantitative estimate of drug-likeness (QED) is 0.580. The maximum absolute atomic E-state index is 10.4. The van der Waals surface area contributed by atoms with Crippen molar-refractivity contribution in [2.45, 2.75) is 27.7 Å². The summed E-state index contributed by atoms with van der Waals surface area (Å²) in [6.45, 7) is 8.30. The number of nitrogens with one attached hydrogen (secondary N) is 1. The van der Waals surface area contributed by atoms with E-state index in [1.165, 1.54) is 18.1 Å². The van der Waals surface area contributed by atoms with Crippen LogP contribution >= 0.6 is 0 Å². The highest BCUT2D eigenvalue weighted by molar-refractivity contribution is 5.73. The molecule has 0 radical (unpaired) electrons. The van der Waals surface area contributed by atoms with Crippen molar-refractivity contribution >= 4 is 5.91 Å². The molecule has 0 aromatic carbocycles. The van der Waals surface area contributed by atoms with Crippen LogP contribution in [-0.2, 0) is 4.79 Å². The predicted molar refractivity (Wildman–Crippen MR) is 42.7 cm³/mol. The summed E-state index contributed by atoms with van der Waals surface area (Å²) in [5, 5.41) is 2.73. The Morgan fingerprint density at radius 3 is 2.00 bits per heavy atom. The minimum Gasteiger partial charge on any atom is -0.353 e. The zero-order valence-corrected chi connectivity index (χ0v) is 7.12. The normalized spacial score (nSPS) is 8.80. The second kappa shape index (κ2) is 4.09. The lowest BCUT2D eigenvalue weighted by Gasteiger charge is -2.03. The molecule has 58 valence electrons. The fourth-order valence-corrected chi connectivity index (χ4v) is 0.434. The van der Waals surface area contributed by atoms with Gasteiger partial charge in [-0.3, -0.25) is 4.79 Å². The lowest BCUT2D eigenvalue weighted by atomic mass is 10.2.